The molecule has 0 spiro atoms. The van der Waals surface area contributed by atoms with Crippen molar-refractivity contribution in [3.05, 3.63) is 70.6 Å². The number of hydrogen-bond donors (Lipinski definition) is 1. The number of nitrogens with one attached hydrogen (secondary N) is 1. The van der Waals surface area contributed by atoms with Gasteiger partial charge in [-0.25, -0.2) is 8.78 Å². The van der Waals surface area contributed by atoms with Gasteiger partial charge >= 0.3 is 0 Å². The van der Waals surface area contributed by atoms with E-state index in [1.54, 1.807) is 30.5 Å². The minimum absolute atomic E-state index is 0.181. The van der Waals surface area contributed by atoms with Gasteiger partial charge in [0.15, 0.2) is 0 Å². The number of nitrogens with zero attached hydrogens (tertiary/aromatic N) is 3. The van der Waals surface area contributed by atoms with Crippen LogP contribution in [0.25, 0.3) is 16.8 Å². The zero-order chi connectivity index (χ0) is 20.4. The van der Waals surface area contributed by atoms with Crippen LogP contribution in [-0.2, 0) is 0 Å². The van der Waals surface area contributed by atoms with Crippen LogP contribution in [0.15, 0.2) is 53.5 Å². The summed E-state index contributed by atoms with van der Waals surface area (Å²) in [7, 11) is 1.53. The van der Waals surface area contributed by atoms with E-state index in [2.05, 4.69) is 10.4 Å². The number of hydrogen-bond acceptors (Lipinski definition) is 5. The molecule has 150 valence electrons. The summed E-state index contributed by atoms with van der Waals surface area (Å²) in [4.78, 5) is 15.4. The summed E-state index contributed by atoms with van der Waals surface area (Å²) in [6.45, 7) is 2.82. The highest BCUT2D eigenvalue weighted by atomic mass is 19.1. The fourth-order valence-electron chi connectivity index (χ4n) is 3.49. The first-order chi connectivity index (χ1) is 14.1. The molecule has 1 aliphatic rings. The molecule has 1 N–H and O–H groups in total. The highest BCUT2D eigenvalue weighted by molar-refractivity contribution is 5.77. The summed E-state index contributed by atoms with van der Waals surface area (Å²) in [5.41, 5.74) is 0.988. The zero-order valence-electron chi connectivity index (χ0n) is 15.9. The highest BCUT2D eigenvalue weighted by Crippen LogP contribution is 2.29. The summed E-state index contributed by atoms with van der Waals surface area (Å²) < 4.78 is 34.3. The summed E-state index contributed by atoms with van der Waals surface area (Å²) >= 11 is 0. The second-order valence-electron chi connectivity index (χ2n) is 6.72. The standard InChI is InChI=1S/C21H20F2N4O2/c1-29-18-4-2-3-17(12-18)27-21(28)20(14-9-15(22)11-16(23)10-14)19(13-25-27)26-7-5-24-6-8-26/h2-4,9-13,24H,5-8H2,1H3. The number of anilines is 1. The molecule has 2 aromatic carbocycles. The fourth-order valence-corrected chi connectivity index (χ4v) is 3.49. The van der Waals surface area contributed by atoms with Gasteiger partial charge in [0.25, 0.3) is 5.56 Å². The number of methoxy groups -OCH3 is 1. The second kappa shape index (κ2) is 8.00. The topological polar surface area (TPSA) is 59.4 Å². The Morgan fingerprint density at radius 2 is 1.79 bits per heavy atom. The van der Waals surface area contributed by atoms with E-state index >= 15 is 0 Å². The second-order valence-corrected chi connectivity index (χ2v) is 6.72. The van der Waals surface area contributed by atoms with Gasteiger partial charge in [0, 0.05) is 38.3 Å². The molecule has 2 heterocycles. The van der Waals surface area contributed by atoms with Gasteiger partial charge in [-0.2, -0.15) is 9.78 Å². The maximum Gasteiger partial charge on any atom is 0.281 e. The number of aromatic nitrogens is 2. The first kappa shape index (κ1) is 19.1. The molecule has 0 unspecified atom stereocenters. The van der Waals surface area contributed by atoms with Gasteiger partial charge in [-0.05, 0) is 29.8 Å². The van der Waals surface area contributed by atoms with Crippen LogP contribution < -0.4 is 20.5 Å². The Hall–Kier alpha value is -3.26. The number of ether oxygens (including phenoxy) is 1. The number of piperazine rings is 1. The lowest BCUT2D eigenvalue weighted by Gasteiger charge is -2.30. The van der Waals surface area contributed by atoms with E-state index in [9.17, 15) is 13.6 Å². The molecule has 0 atom stereocenters. The fraction of sp³-hybridized carbons (Fsp3) is 0.238. The molecule has 3 aromatic rings. The van der Waals surface area contributed by atoms with Crippen molar-refractivity contribution in [3.63, 3.8) is 0 Å². The van der Waals surface area contributed by atoms with Crippen molar-refractivity contribution in [2.45, 2.75) is 0 Å². The Kier molecular flexibility index (Phi) is 5.26. The van der Waals surface area contributed by atoms with Gasteiger partial charge in [0.2, 0.25) is 0 Å². The Labute approximate surface area is 166 Å². The van der Waals surface area contributed by atoms with Crippen molar-refractivity contribution < 1.29 is 13.5 Å². The third kappa shape index (κ3) is 3.84. The SMILES string of the molecule is COc1cccc(-n2ncc(N3CCNCC3)c(-c3cc(F)cc(F)c3)c2=O)c1. The van der Waals surface area contributed by atoms with E-state index in [1.807, 2.05) is 4.90 Å². The van der Waals surface area contributed by atoms with E-state index in [4.69, 9.17) is 4.74 Å². The van der Waals surface area contributed by atoms with Crippen molar-refractivity contribution >= 4 is 5.69 Å². The number of benzene rings is 2. The van der Waals surface area contributed by atoms with E-state index in [0.29, 0.717) is 30.2 Å². The van der Waals surface area contributed by atoms with E-state index in [0.717, 1.165) is 19.2 Å². The average molecular weight is 398 g/mol. The van der Waals surface area contributed by atoms with Gasteiger partial charge in [-0.1, -0.05) is 6.07 Å². The van der Waals surface area contributed by atoms with Gasteiger partial charge in [-0.3, -0.25) is 4.79 Å². The maximum absolute atomic E-state index is 13.9. The van der Waals surface area contributed by atoms with Crippen LogP contribution in [0.2, 0.25) is 0 Å². The summed E-state index contributed by atoms with van der Waals surface area (Å²) in [6, 6.07) is 10.0. The van der Waals surface area contributed by atoms with Crippen LogP contribution in [0.3, 0.4) is 0 Å². The van der Waals surface area contributed by atoms with Crippen molar-refractivity contribution in [2.24, 2.45) is 0 Å². The molecule has 0 bridgehead atoms. The first-order valence-electron chi connectivity index (χ1n) is 9.26. The summed E-state index contributed by atoms with van der Waals surface area (Å²) in [6.07, 6.45) is 1.57. The molecule has 1 aromatic heterocycles. The first-order valence-corrected chi connectivity index (χ1v) is 9.26. The van der Waals surface area contributed by atoms with Crippen molar-refractivity contribution in [1.29, 1.82) is 0 Å². The summed E-state index contributed by atoms with van der Waals surface area (Å²) in [5, 5.41) is 7.58. The Balaban J connectivity index is 1.93. The van der Waals surface area contributed by atoms with Crippen LogP contribution in [0.1, 0.15) is 0 Å². The molecule has 0 amide bonds. The quantitative estimate of drug-likeness (QED) is 0.732. The molecule has 8 heteroatoms. The van der Waals surface area contributed by atoms with Crippen molar-refractivity contribution in [1.82, 2.24) is 15.1 Å². The lowest BCUT2D eigenvalue weighted by molar-refractivity contribution is 0.414. The maximum atomic E-state index is 13.9. The van der Waals surface area contributed by atoms with Crippen molar-refractivity contribution in [2.75, 3.05) is 38.2 Å². The molecule has 1 fully saturated rings. The average Bonchev–Trinajstić information content (AvgIpc) is 2.73. The molecular formula is C21H20F2N4O2. The Bertz CT molecular complexity index is 1070. The molecule has 1 saturated heterocycles. The predicted molar refractivity (Wildman–Crippen MR) is 107 cm³/mol. The minimum atomic E-state index is -0.740. The molecule has 1 aliphatic heterocycles. The van der Waals surface area contributed by atoms with Gasteiger partial charge in [-0.15, -0.1) is 0 Å². The lowest BCUT2D eigenvalue weighted by atomic mass is 10.0. The predicted octanol–water partition coefficient (Wildman–Crippen LogP) is 2.60. The van der Waals surface area contributed by atoms with Crippen molar-refractivity contribution in [3.8, 4) is 22.6 Å². The van der Waals surface area contributed by atoms with E-state index < -0.39 is 17.2 Å². The normalized spacial score (nSPS) is 14.1. The Morgan fingerprint density at radius 3 is 2.48 bits per heavy atom. The highest BCUT2D eigenvalue weighted by Gasteiger charge is 2.21. The van der Waals surface area contributed by atoms with E-state index in [-0.39, 0.29) is 11.1 Å². The largest absolute Gasteiger partial charge is 0.497 e. The molecule has 0 aliphatic carbocycles. The number of halogens is 2. The van der Waals surface area contributed by atoms with E-state index in [1.165, 1.54) is 23.9 Å². The van der Waals surface area contributed by atoms with Crippen LogP contribution in [0.5, 0.6) is 5.75 Å². The Morgan fingerprint density at radius 1 is 1.07 bits per heavy atom. The minimum Gasteiger partial charge on any atom is -0.497 e. The van der Waals surface area contributed by atoms with Gasteiger partial charge in [0.05, 0.1) is 30.2 Å². The van der Waals surface area contributed by atoms with Crippen LogP contribution in [0.4, 0.5) is 14.5 Å². The zero-order valence-corrected chi connectivity index (χ0v) is 15.9. The molecule has 6 nitrogen and oxygen atoms in total. The van der Waals surface area contributed by atoms with Crippen LogP contribution in [-0.4, -0.2) is 43.1 Å². The van der Waals surface area contributed by atoms with Gasteiger partial charge in [0.1, 0.15) is 17.4 Å². The molecule has 0 radical (unpaired) electrons. The van der Waals surface area contributed by atoms with Crippen LogP contribution >= 0.6 is 0 Å². The molecular weight excluding hydrogens is 378 g/mol. The third-order valence-corrected chi connectivity index (χ3v) is 4.86. The summed E-state index contributed by atoms with van der Waals surface area (Å²) in [5.74, 6) is -0.911. The number of rotatable bonds is 4. The monoisotopic (exact) mass is 398 g/mol. The molecule has 0 saturated carbocycles. The van der Waals surface area contributed by atoms with Gasteiger partial charge < -0.3 is 15.0 Å². The third-order valence-electron chi connectivity index (χ3n) is 4.86. The lowest BCUT2D eigenvalue weighted by Crippen LogP contribution is -2.44. The smallest absolute Gasteiger partial charge is 0.281 e. The van der Waals surface area contributed by atoms with Crippen LogP contribution in [0, 0.1) is 11.6 Å². The molecule has 29 heavy (non-hydrogen) atoms. The molecule has 4 rings (SSSR count).